The van der Waals surface area contributed by atoms with Gasteiger partial charge in [-0.15, -0.1) is 0 Å². The maximum absolute atomic E-state index is 10.9. The topological polar surface area (TPSA) is 83.7 Å². The molecule has 1 aliphatic carbocycles. The Morgan fingerprint density at radius 3 is 2.75 bits per heavy atom. The van der Waals surface area contributed by atoms with Gasteiger partial charge in [-0.1, -0.05) is 12.1 Å². The number of benzene rings is 1. The minimum Gasteiger partial charge on any atom is -0.480 e. The quantitative estimate of drug-likeness (QED) is 0.610. The smallest absolute Gasteiger partial charge is 0.317 e. The molecule has 0 unspecified atom stereocenters. The number of nitro groups is 1. The normalized spacial score (nSPS) is 14.5. The van der Waals surface area contributed by atoms with Gasteiger partial charge < -0.3 is 5.11 Å². The zero-order valence-corrected chi connectivity index (χ0v) is 11.4. The summed E-state index contributed by atoms with van der Waals surface area (Å²) in [5.74, 6) is -0.290. The number of carboxylic acid groups (broad SMARTS) is 1. The first-order chi connectivity index (χ1) is 9.47. The molecule has 6 nitrogen and oxygen atoms in total. The van der Waals surface area contributed by atoms with E-state index in [-0.39, 0.29) is 12.2 Å². The SMILES string of the molecule is Cc1c(CN(CC(=O)O)CC2CC2)cccc1[N+](=O)[O-]. The number of aliphatic carboxylic acids is 1. The molecule has 0 spiro atoms. The number of hydrogen-bond donors (Lipinski definition) is 1. The van der Waals surface area contributed by atoms with Crippen molar-refractivity contribution in [2.75, 3.05) is 13.1 Å². The Bertz CT molecular complexity index is 526. The van der Waals surface area contributed by atoms with Gasteiger partial charge in [-0.2, -0.15) is 0 Å². The van der Waals surface area contributed by atoms with Gasteiger partial charge in [-0.05, 0) is 31.2 Å². The number of carbonyl (C=O) groups is 1. The Morgan fingerprint density at radius 1 is 1.50 bits per heavy atom. The predicted octanol–water partition coefficient (Wildman–Crippen LogP) is 2.20. The molecule has 0 heterocycles. The van der Waals surface area contributed by atoms with Crippen molar-refractivity contribution in [1.82, 2.24) is 4.90 Å². The maximum atomic E-state index is 10.9. The van der Waals surface area contributed by atoms with E-state index in [9.17, 15) is 14.9 Å². The molecular weight excluding hydrogens is 260 g/mol. The first-order valence-electron chi connectivity index (χ1n) is 6.64. The first kappa shape index (κ1) is 14.5. The molecular formula is C14H18N2O4. The van der Waals surface area contributed by atoms with E-state index in [2.05, 4.69) is 0 Å². The van der Waals surface area contributed by atoms with E-state index in [1.807, 2.05) is 11.0 Å². The molecule has 0 amide bonds. The molecule has 0 bridgehead atoms. The van der Waals surface area contributed by atoms with Crippen LogP contribution in [0, 0.1) is 23.0 Å². The van der Waals surface area contributed by atoms with Crippen LogP contribution in [-0.4, -0.2) is 34.0 Å². The van der Waals surface area contributed by atoms with Crippen molar-refractivity contribution in [3.8, 4) is 0 Å². The molecule has 1 aromatic carbocycles. The van der Waals surface area contributed by atoms with Crippen molar-refractivity contribution >= 4 is 11.7 Å². The number of nitro benzene ring substituents is 1. The lowest BCUT2D eigenvalue weighted by molar-refractivity contribution is -0.385. The number of nitrogens with zero attached hydrogens (tertiary/aromatic N) is 2. The van der Waals surface area contributed by atoms with Crippen LogP contribution in [0.5, 0.6) is 0 Å². The van der Waals surface area contributed by atoms with Crippen molar-refractivity contribution in [2.45, 2.75) is 26.3 Å². The van der Waals surface area contributed by atoms with E-state index in [4.69, 9.17) is 5.11 Å². The highest BCUT2D eigenvalue weighted by molar-refractivity contribution is 5.69. The summed E-state index contributed by atoms with van der Waals surface area (Å²) in [6.45, 7) is 2.87. The van der Waals surface area contributed by atoms with Gasteiger partial charge in [0.2, 0.25) is 0 Å². The lowest BCUT2D eigenvalue weighted by Crippen LogP contribution is -2.31. The van der Waals surface area contributed by atoms with Crippen LogP contribution in [0.15, 0.2) is 18.2 Å². The van der Waals surface area contributed by atoms with Gasteiger partial charge in [0.15, 0.2) is 0 Å². The zero-order valence-electron chi connectivity index (χ0n) is 11.4. The summed E-state index contributed by atoms with van der Waals surface area (Å²) >= 11 is 0. The molecule has 1 saturated carbocycles. The molecule has 1 N–H and O–H groups in total. The summed E-state index contributed by atoms with van der Waals surface area (Å²) in [5, 5.41) is 19.9. The fourth-order valence-corrected chi connectivity index (χ4v) is 2.32. The van der Waals surface area contributed by atoms with Gasteiger partial charge in [0.1, 0.15) is 0 Å². The Labute approximate surface area is 117 Å². The summed E-state index contributed by atoms with van der Waals surface area (Å²) in [6.07, 6.45) is 2.29. The highest BCUT2D eigenvalue weighted by Crippen LogP contribution is 2.30. The summed E-state index contributed by atoms with van der Waals surface area (Å²) in [6, 6.07) is 4.95. The third-order valence-corrected chi connectivity index (χ3v) is 3.58. The molecule has 0 aliphatic heterocycles. The molecule has 6 heteroatoms. The lowest BCUT2D eigenvalue weighted by atomic mass is 10.1. The second-order valence-corrected chi connectivity index (χ2v) is 5.33. The van der Waals surface area contributed by atoms with E-state index in [0.29, 0.717) is 18.0 Å². The van der Waals surface area contributed by atoms with Gasteiger partial charge in [0.05, 0.1) is 11.5 Å². The van der Waals surface area contributed by atoms with Crippen molar-refractivity contribution in [1.29, 1.82) is 0 Å². The van der Waals surface area contributed by atoms with Crippen molar-refractivity contribution in [2.24, 2.45) is 5.92 Å². The second kappa shape index (κ2) is 6.00. The second-order valence-electron chi connectivity index (χ2n) is 5.33. The molecule has 108 valence electrons. The molecule has 20 heavy (non-hydrogen) atoms. The molecule has 0 radical (unpaired) electrons. The van der Waals surface area contributed by atoms with E-state index in [1.54, 1.807) is 13.0 Å². The Balaban J connectivity index is 2.14. The Morgan fingerprint density at radius 2 is 2.20 bits per heavy atom. The van der Waals surface area contributed by atoms with E-state index in [1.165, 1.54) is 6.07 Å². The van der Waals surface area contributed by atoms with Gasteiger partial charge in [-0.3, -0.25) is 19.8 Å². The molecule has 0 saturated heterocycles. The van der Waals surface area contributed by atoms with Crippen LogP contribution >= 0.6 is 0 Å². The summed E-state index contributed by atoms with van der Waals surface area (Å²) < 4.78 is 0. The van der Waals surface area contributed by atoms with E-state index < -0.39 is 10.9 Å². The van der Waals surface area contributed by atoms with Crippen molar-refractivity contribution in [3.63, 3.8) is 0 Å². The fourth-order valence-electron chi connectivity index (χ4n) is 2.32. The highest BCUT2D eigenvalue weighted by atomic mass is 16.6. The number of carboxylic acids is 1. The van der Waals surface area contributed by atoms with Gasteiger partial charge >= 0.3 is 5.97 Å². The number of rotatable bonds is 7. The Hall–Kier alpha value is -1.95. The molecule has 1 fully saturated rings. The minimum absolute atomic E-state index is 0.0291. The van der Waals surface area contributed by atoms with E-state index >= 15 is 0 Å². The minimum atomic E-state index is -0.867. The summed E-state index contributed by atoms with van der Waals surface area (Å²) in [7, 11) is 0. The number of hydrogen-bond acceptors (Lipinski definition) is 4. The molecule has 2 rings (SSSR count). The van der Waals surface area contributed by atoms with Crippen molar-refractivity contribution < 1.29 is 14.8 Å². The average Bonchev–Trinajstić information content (AvgIpc) is 3.14. The van der Waals surface area contributed by atoms with E-state index in [0.717, 1.165) is 24.9 Å². The molecule has 0 atom stereocenters. The van der Waals surface area contributed by atoms with Crippen LogP contribution < -0.4 is 0 Å². The summed E-state index contributed by atoms with van der Waals surface area (Å²) in [5.41, 5.74) is 1.52. The zero-order chi connectivity index (χ0) is 14.7. The fraction of sp³-hybridized carbons (Fsp3) is 0.500. The lowest BCUT2D eigenvalue weighted by Gasteiger charge is -2.21. The highest BCUT2D eigenvalue weighted by Gasteiger charge is 2.26. The van der Waals surface area contributed by atoms with Gasteiger partial charge in [0.25, 0.3) is 5.69 Å². The Kier molecular flexibility index (Phi) is 4.34. The van der Waals surface area contributed by atoms with Crippen LogP contribution in [0.1, 0.15) is 24.0 Å². The summed E-state index contributed by atoms with van der Waals surface area (Å²) in [4.78, 5) is 23.3. The van der Waals surface area contributed by atoms with Gasteiger partial charge in [0, 0.05) is 24.7 Å². The van der Waals surface area contributed by atoms with Crippen LogP contribution in [-0.2, 0) is 11.3 Å². The third kappa shape index (κ3) is 3.77. The molecule has 0 aromatic heterocycles. The first-order valence-corrected chi connectivity index (χ1v) is 6.64. The van der Waals surface area contributed by atoms with Crippen LogP contribution in [0.2, 0.25) is 0 Å². The van der Waals surface area contributed by atoms with Crippen LogP contribution in [0.25, 0.3) is 0 Å². The predicted molar refractivity (Wildman–Crippen MR) is 73.5 cm³/mol. The van der Waals surface area contributed by atoms with Crippen LogP contribution in [0.4, 0.5) is 5.69 Å². The largest absolute Gasteiger partial charge is 0.480 e. The van der Waals surface area contributed by atoms with Gasteiger partial charge in [-0.25, -0.2) is 0 Å². The molecule has 1 aliphatic rings. The molecule has 1 aromatic rings. The third-order valence-electron chi connectivity index (χ3n) is 3.58. The van der Waals surface area contributed by atoms with Crippen molar-refractivity contribution in [3.05, 3.63) is 39.4 Å². The average molecular weight is 278 g/mol. The maximum Gasteiger partial charge on any atom is 0.317 e. The standard InChI is InChI=1S/C14H18N2O4/c1-10-12(3-2-4-13(10)16(19)20)8-15(9-14(17)18)7-11-5-6-11/h2-4,11H,5-9H2,1H3,(H,17,18). The monoisotopic (exact) mass is 278 g/mol. The van der Waals surface area contributed by atoms with Crippen LogP contribution in [0.3, 0.4) is 0 Å².